The van der Waals surface area contributed by atoms with Crippen LogP contribution in [0.4, 0.5) is 5.88 Å². The van der Waals surface area contributed by atoms with Crippen molar-refractivity contribution < 1.29 is 13.9 Å². The minimum absolute atomic E-state index is 0.0166. The first-order valence-corrected chi connectivity index (χ1v) is 3.72. The highest BCUT2D eigenvalue weighted by Crippen LogP contribution is 2.27. The minimum atomic E-state index is -0.207. The Kier molecular flexibility index (Phi) is 1.49. The van der Waals surface area contributed by atoms with E-state index in [4.69, 9.17) is 9.15 Å². The van der Waals surface area contributed by atoms with Gasteiger partial charge in [0.25, 0.3) is 17.7 Å². The summed E-state index contributed by atoms with van der Waals surface area (Å²) in [6, 6.07) is 0. The van der Waals surface area contributed by atoms with Crippen molar-refractivity contribution in [3.8, 4) is 5.88 Å². The molecule has 5 heteroatoms. The van der Waals surface area contributed by atoms with E-state index in [1.54, 1.807) is 0 Å². The summed E-state index contributed by atoms with van der Waals surface area (Å²) in [6.45, 7) is 1.93. The number of hydrogen-bond donors (Lipinski definition) is 1. The van der Waals surface area contributed by atoms with Crippen LogP contribution in [0.3, 0.4) is 0 Å². The van der Waals surface area contributed by atoms with Crippen molar-refractivity contribution in [2.24, 2.45) is 0 Å². The van der Waals surface area contributed by atoms with Gasteiger partial charge in [-0.15, -0.1) is 0 Å². The number of anilines is 1. The van der Waals surface area contributed by atoms with Gasteiger partial charge in [-0.1, -0.05) is 6.92 Å². The molecule has 1 amide bonds. The summed E-state index contributed by atoms with van der Waals surface area (Å²) in [6.07, 6.45) is 0.687. The van der Waals surface area contributed by atoms with Gasteiger partial charge in [-0.2, -0.15) is 4.98 Å². The first-order chi connectivity index (χ1) is 5.79. The first-order valence-electron chi connectivity index (χ1n) is 3.72. The first kappa shape index (κ1) is 7.15. The van der Waals surface area contributed by atoms with Crippen molar-refractivity contribution in [2.75, 3.05) is 11.9 Å². The summed E-state index contributed by atoms with van der Waals surface area (Å²) < 4.78 is 10.2. The van der Waals surface area contributed by atoms with Crippen LogP contribution in [0.5, 0.6) is 5.88 Å². The standard InChI is InChI=1S/C7H8N2O3/c1-2-5-9-6-7(12-5)8-4(10)3-11-6/h2-3H2,1H3,(H,8,10). The van der Waals surface area contributed by atoms with E-state index in [9.17, 15) is 4.79 Å². The average molecular weight is 168 g/mol. The van der Waals surface area contributed by atoms with Crippen LogP contribution in [-0.2, 0) is 11.2 Å². The molecule has 0 saturated carbocycles. The highest BCUT2D eigenvalue weighted by molar-refractivity contribution is 5.93. The number of ether oxygens (including phenoxy) is 1. The Bertz CT molecular complexity index is 318. The van der Waals surface area contributed by atoms with Crippen molar-refractivity contribution in [1.82, 2.24) is 4.98 Å². The predicted octanol–water partition coefficient (Wildman–Crippen LogP) is 0.568. The highest BCUT2D eigenvalue weighted by atomic mass is 16.5. The molecule has 0 unspecified atom stereocenters. The van der Waals surface area contributed by atoms with Gasteiger partial charge in [0.2, 0.25) is 0 Å². The minimum Gasteiger partial charge on any atom is -0.464 e. The van der Waals surface area contributed by atoms with Crippen molar-refractivity contribution >= 4 is 11.8 Å². The summed E-state index contributed by atoms with van der Waals surface area (Å²) in [4.78, 5) is 14.8. The van der Waals surface area contributed by atoms with E-state index in [0.29, 0.717) is 24.1 Å². The third kappa shape index (κ3) is 1.03. The molecule has 0 saturated heterocycles. The molecule has 0 bridgehead atoms. The molecule has 0 aliphatic carbocycles. The van der Waals surface area contributed by atoms with Gasteiger partial charge in [-0.3, -0.25) is 10.1 Å². The van der Waals surface area contributed by atoms with Gasteiger partial charge in [0.1, 0.15) is 0 Å². The molecule has 1 aromatic rings. The highest BCUT2D eigenvalue weighted by Gasteiger charge is 2.21. The lowest BCUT2D eigenvalue weighted by molar-refractivity contribution is -0.118. The zero-order valence-electron chi connectivity index (χ0n) is 6.59. The lowest BCUT2D eigenvalue weighted by Gasteiger charge is -2.09. The third-order valence-electron chi connectivity index (χ3n) is 1.54. The zero-order valence-corrected chi connectivity index (χ0v) is 6.59. The Morgan fingerprint density at radius 2 is 2.50 bits per heavy atom. The Hall–Kier alpha value is -1.52. The monoisotopic (exact) mass is 168 g/mol. The molecule has 0 fully saturated rings. The molecule has 2 rings (SSSR count). The lowest BCUT2D eigenvalue weighted by atomic mass is 10.5. The third-order valence-corrected chi connectivity index (χ3v) is 1.54. The van der Waals surface area contributed by atoms with E-state index in [0.717, 1.165) is 0 Å². The van der Waals surface area contributed by atoms with Crippen LogP contribution in [0.25, 0.3) is 0 Å². The van der Waals surface area contributed by atoms with Gasteiger partial charge in [0, 0.05) is 6.42 Å². The van der Waals surface area contributed by atoms with Crippen LogP contribution in [0, 0.1) is 0 Å². The van der Waals surface area contributed by atoms with Crippen LogP contribution in [0.2, 0.25) is 0 Å². The van der Waals surface area contributed by atoms with Gasteiger partial charge in [-0.05, 0) is 0 Å². The van der Waals surface area contributed by atoms with Crippen LogP contribution in [-0.4, -0.2) is 17.5 Å². The van der Waals surface area contributed by atoms with E-state index >= 15 is 0 Å². The van der Waals surface area contributed by atoms with E-state index in [1.807, 2.05) is 6.92 Å². The number of nitrogens with one attached hydrogen (secondary N) is 1. The second kappa shape index (κ2) is 2.51. The molecule has 12 heavy (non-hydrogen) atoms. The maximum Gasteiger partial charge on any atom is 0.280 e. The Morgan fingerprint density at radius 3 is 3.25 bits per heavy atom. The molecular weight excluding hydrogens is 160 g/mol. The number of amides is 1. The van der Waals surface area contributed by atoms with Gasteiger partial charge >= 0.3 is 0 Å². The molecular formula is C7H8N2O3. The van der Waals surface area contributed by atoms with Gasteiger partial charge in [0.05, 0.1) is 0 Å². The number of carbonyl (C=O) groups is 1. The molecule has 1 aliphatic heterocycles. The number of carbonyl (C=O) groups excluding carboxylic acids is 1. The number of aryl methyl sites for hydroxylation is 1. The fourth-order valence-electron chi connectivity index (χ4n) is 0.973. The van der Waals surface area contributed by atoms with E-state index < -0.39 is 0 Å². The molecule has 0 atom stereocenters. The molecule has 1 aliphatic rings. The van der Waals surface area contributed by atoms with Crippen molar-refractivity contribution in [3.05, 3.63) is 5.89 Å². The second-order valence-corrected chi connectivity index (χ2v) is 2.43. The fraction of sp³-hybridized carbons (Fsp3) is 0.429. The number of aromatic nitrogens is 1. The molecule has 1 aromatic heterocycles. The summed E-state index contributed by atoms with van der Waals surface area (Å²) in [7, 11) is 0. The number of oxazole rings is 1. The number of rotatable bonds is 1. The Morgan fingerprint density at radius 1 is 1.67 bits per heavy atom. The number of nitrogens with zero attached hydrogens (tertiary/aromatic N) is 1. The summed E-state index contributed by atoms with van der Waals surface area (Å²) in [5, 5.41) is 2.52. The molecule has 0 spiro atoms. The molecule has 1 N–H and O–H groups in total. The Labute approximate surface area is 68.7 Å². The smallest absolute Gasteiger partial charge is 0.280 e. The summed E-state index contributed by atoms with van der Waals surface area (Å²) in [5.41, 5.74) is 0. The Balaban J connectivity index is 2.34. The largest absolute Gasteiger partial charge is 0.464 e. The van der Waals surface area contributed by atoms with E-state index in [-0.39, 0.29) is 12.5 Å². The molecule has 0 radical (unpaired) electrons. The normalized spacial score (nSPS) is 14.9. The maximum absolute atomic E-state index is 10.8. The molecule has 64 valence electrons. The van der Waals surface area contributed by atoms with Crippen LogP contribution in [0.1, 0.15) is 12.8 Å². The number of fused-ring (bicyclic) bond motifs is 1. The average Bonchev–Trinajstić information content (AvgIpc) is 2.46. The van der Waals surface area contributed by atoms with Crippen molar-refractivity contribution in [2.45, 2.75) is 13.3 Å². The maximum atomic E-state index is 10.8. The van der Waals surface area contributed by atoms with Crippen LogP contribution < -0.4 is 10.1 Å². The van der Waals surface area contributed by atoms with Gasteiger partial charge in [-0.25, -0.2) is 0 Å². The zero-order chi connectivity index (χ0) is 8.55. The van der Waals surface area contributed by atoms with Crippen LogP contribution in [0.15, 0.2) is 4.42 Å². The second-order valence-electron chi connectivity index (χ2n) is 2.43. The van der Waals surface area contributed by atoms with E-state index in [1.165, 1.54) is 0 Å². The fourth-order valence-corrected chi connectivity index (χ4v) is 0.973. The molecule has 2 heterocycles. The molecule has 0 aromatic carbocycles. The molecule has 5 nitrogen and oxygen atoms in total. The number of hydrogen-bond acceptors (Lipinski definition) is 4. The van der Waals surface area contributed by atoms with E-state index in [2.05, 4.69) is 10.3 Å². The van der Waals surface area contributed by atoms with Crippen LogP contribution >= 0.6 is 0 Å². The van der Waals surface area contributed by atoms with Crippen molar-refractivity contribution in [1.29, 1.82) is 0 Å². The quantitative estimate of drug-likeness (QED) is 0.665. The van der Waals surface area contributed by atoms with Gasteiger partial charge < -0.3 is 9.15 Å². The van der Waals surface area contributed by atoms with Crippen molar-refractivity contribution in [3.63, 3.8) is 0 Å². The lowest BCUT2D eigenvalue weighted by Crippen LogP contribution is -2.24. The summed E-state index contributed by atoms with van der Waals surface area (Å²) in [5.74, 6) is 1.07. The van der Waals surface area contributed by atoms with Gasteiger partial charge in [0.15, 0.2) is 12.5 Å². The SMILES string of the molecule is CCc1nc2c(o1)NC(=O)CO2. The predicted molar refractivity (Wildman–Crippen MR) is 40.0 cm³/mol. The summed E-state index contributed by atoms with van der Waals surface area (Å²) >= 11 is 0. The topological polar surface area (TPSA) is 64.4 Å².